The van der Waals surface area contributed by atoms with Gasteiger partial charge in [0.2, 0.25) is 5.91 Å². The van der Waals surface area contributed by atoms with E-state index in [4.69, 9.17) is 4.74 Å². The Morgan fingerprint density at radius 3 is 2.80 bits per heavy atom. The molecule has 0 bridgehead atoms. The van der Waals surface area contributed by atoms with Crippen molar-refractivity contribution >= 4 is 33.9 Å². The number of carbonyl (C=O) groups is 2. The highest BCUT2D eigenvalue weighted by atomic mass is 32.1. The molecule has 1 aliphatic heterocycles. The molecule has 0 atom stereocenters. The van der Waals surface area contributed by atoms with E-state index in [9.17, 15) is 9.59 Å². The van der Waals surface area contributed by atoms with Crippen LogP contribution in [0.3, 0.4) is 0 Å². The number of thiophene rings is 1. The molecule has 0 spiro atoms. The molecule has 3 rings (SSSR count). The maximum absolute atomic E-state index is 12.5. The Hall–Kier alpha value is -2.34. The average Bonchev–Trinajstić information content (AvgIpc) is 3.09. The van der Waals surface area contributed by atoms with Gasteiger partial charge >= 0.3 is 5.97 Å². The maximum atomic E-state index is 12.5. The normalized spacial score (nSPS) is 12.8. The minimum absolute atomic E-state index is 0.122. The van der Waals surface area contributed by atoms with E-state index in [0.717, 1.165) is 29.1 Å². The predicted octanol–water partition coefficient (Wildman–Crippen LogP) is 3.54. The third kappa shape index (κ3) is 3.54. The largest absolute Gasteiger partial charge is 0.462 e. The zero-order valence-electron chi connectivity index (χ0n) is 14.7. The van der Waals surface area contributed by atoms with Gasteiger partial charge in [0, 0.05) is 17.1 Å². The van der Waals surface area contributed by atoms with Crippen LogP contribution in [-0.2, 0) is 16.0 Å². The quantitative estimate of drug-likeness (QED) is 0.831. The number of anilines is 2. The summed E-state index contributed by atoms with van der Waals surface area (Å²) in [7, 11) is 0. The lowest BCUT2D eigenvalue weighted by Gasteiger charge is -2.18. The van der Waals surface area contributed by atoms with Crippen LogP contribution in [0.25, 0.3) is 0 Å². The van der Waals surface area contributed by atoms with Crippen molar-refractivity contribution in [2.24, 2.45) is 0 Å². The molecule has 0 unspecified atom stereocenters. The molecule has 0 saturated heterocycles. The van der Waals surface area contributed by atoms with Gasteiger partial charge in [0.1, 0.15) is 5.00 Å². The van der Waals surface area contributed by atoms with Gasteiger partial charge < -0.3 is 15.0 Å². The van der Waals surface area contributed by atoms with Crippen LogP contribution < -0.4 is 10.2 Å². The average molecular weight is 358 g/mol. The van der Waals surface area contributed by atoms with Crippen LogP contribution in [-0.4, -0.2) is 31.6 Å². The van der Waals surface area contributed by atoms with Crippen LogP contribution in [0.1, 0.15) is 33.3 Å². The van der Waals surface area contributed by atoms with Crippen molar-refractivity contribution in [3.63, 3.8) is 0 Å². The van der Waals surface area contributed by atoms with Gasteiger partial charge in [-0.2, -0.15) is 0 Å². The first-order chi connectivity index (χ1) is 12.0. The predicted molar refractivity (Wildman–Crippen MR) is 101 cm³/mol. The fourth-order valence-electron chi connectivity index (χ4n) is 3.07. The Kier molecular flexibility index (Phi) is 5.08. The van der Waals surface area contributed by atoms with Gasteiger partial charge in [-0.15, -0.1) is 11.3 Å². The molecule has 2 heterocycles. The number of amides is 1. The second-order valence-electron chi connectivity index (χ2n) is 6.06. The molecule has 132 valence electrons. The summed E-state index contributed by atoms with van der Waals surface area (Å²) >= 11 is 1.42. The van der Waals surface area contributed by atoms with Crippen molar-refractivity contribution in [3.8, 4) is 0 Å². The highest BCUT2D eigenvalue weighted by Gasteiger charge is 2.24. The van der Waals surface area contributed by atoms with Crippen molar-refractivity contribution in [2.45, 2.75) is 27.2 Å². The molecule has 1 amide bonds. The number of ether oxygens (including phenoxy) is 1. The molecule has 25 heavy (non-hydrogen) atoms. The molecule has 6 heteroatoms. The molecule has 0 fully saturated rings. The lowest BCUT2D eigenvalue weighted by molar-refractivity contribution is -0.114. The summed E-state index contributed by atoms with van der Waals surface area (Å²) in [6.07, 6.45) is 0.953. The van der Waals surface area contributed by atoms with Crippen molar-refractivity contribution in [2.75, 3.05) is 29.9 Å². The van der Waals surface area contributed by atoms with Gasteiger partial charge in [-0.25, -0.2) is 4.79 Å². The van der Waals surface area contributed by atoms with Gasteiger partial charge in [-0.1, -0.05) is 18.2 Å². The van der Waals surface area contributed by atoms with Crippen LogP contribution in [0.15, 0.2) is 24.3 Å². The summed E-state index contributed by atoms with van der Waals surface area (Å²) in [4.78, 5) is 27.8. The van der Waals surface area contributed by atoms with E-state index < -0.39 is 0 Å². The third-order valence-electron chi connectivity index (χ3n) is 4.44. The first-order valence-electron chi connectivity index (χ1n) is 8.41. The van der Waals surface area contributed by atoms with Gasteiger partial charge in [-0.3, -0.25) is 4.79 Å². The summed E-state index contributed by atoms with van der Waals surface area (Å²) in [6, 6.07) is 8.14. The van der Waals surface area contributed by atoms with Crippen LogP contribution in [0.2, 0.25) is 0 Å². The smallest absolute Gasteiger partial charge is 0.341 e. The van der Waals surface area contributed by atoms with E-state index in [1.165, 1.54) is 16.9 Å². The molecular formula is C19H22N2O3S. The molecule has 0 radical (unpaired) electrons. The number of hydrogen-bond donors (Lipinski definition) is 1. The lowest BCUT2D eigenvalue weighted by Crippen LogP contribution is -2.32. The number of rotatable bonds is 5. The Morgan fingerprint density at radius 1 is 1.28 bits per heavy atom. The van der Waals surface area contributed by atoms with Crippen LogP contribution >= 0.6 is 11.3 Å². The molecule has 0 saturated carbocycles. The lowest BCUT2D eigenvalue weighted by atomic mass is 10.1. The number of carbonyl (C=O) groups excluding carboxylic acids is 2. The minimum Gasteiger partial charge on any atom is -0.462 e. The van der Waals surface area contributed by atoms with E-state index in [-0.39, 0.29) is 18.4 Å². The molecule has 1 aromatic carbocycles. The van der Waals surface area contributed by atoms with Gasteiger partial charge in [0.15, 0.2) is 0 Å². The third-order valence-corrected chi connectivity index (χ3v) is 5.56. The molecule has 0 aliphatic carbocycles. The fraction of sp³-hybridized carbons (Fsp3) is 0.368. The number of nitrogens with zero attached hydrogens (tertiary/aromatic N) is 1. The topological polar surface area (TPSA) is 58.6 Å². The van der Waals surface area contributed by atoms with Crippen molar-refractivity contribution < 1.29 is 14.3 Å². The van der Waals surface area contributed by atoms with Gasteiger partial charge in [-0.05, 0) is 44.4 Å². The molecule has 1 N–H and O–H groups in total. The zero-order valence-corrected chi connectivity index (χ0v) is 15.5. The Labute approximate surface area is 151 Å². The number of benzene rings is 1. The Morgan fingerprint density at radius 2 is 2.04 bits per heavy atom. The number of hydrogen-bond acceptors (Lipinski definition) is 5. The molecule has 5 nitrogen and oxygen atoms in total. The molecular weight excluding hydrogens is 336 g/mol. The SMILES string of the molecule is CCOC(=O)c1c(NC(=O)CN2CCc3ccccc32)sc(C)c1C. The molecule has 1 aliphatic rings. The van der Waals surface area contributed by atoms with Crippen LogP contribution in [0, 0.1) is 13.8 Å². The van der Waals surface area contributed by atoms with Crippen LogP contribution in [0.5, 0.6) is 0 Å². The summed E-state index contributed by atoms with van der Waals surface area (Å²) < 4.78 is 5.13. The standard InChI is InChI=1S/C19H22N2O3S/c1-4-24-19(23)17-12(2)13(3)25-18(17)20-16(22)11-21-10-9-14-7-5-6-8-15(14)21/h5-8H,4,9-11H2,1-3H3,(H,20,22). The van der Waals surface area contributed by atoms with Crippen molar-refractivity contribution in [1.29, 1.82) is 0 Å². The first-order valence-corrected chi connectivity index (χ1v) is 9.22. The Balaban J connectivity index is 1.74. The summed E-state index contributed by atoms with van der Waals surface area (Å²) in [5.74, 6) is -0.505. The number of fused-ring (bicyclic) bond motifs is 1. The maximum Gasteiger partial charge on any atom is 0.341 e. The number of para-hydroxylation sites is 1. The summed E-state index contributed by atoms with van der Waals surface area (Å²) in [5.41, 5.74) is 3.72. The molecule has 2 aromatic rings. The van der Waals surface area contributed by atoms with E-state index in [1.807, 2.05) is 32.0 Å². The Bertz CT molecular complexity index is 813. The van der Waals surface area contributed by atoms with Gasteiger partial charge in [0.25, 0.3) is 0 Å². The number of aryl methyl sites for hydroxylation is 1. The monoisotopic (exact) mass is 358 g/mol. The minimum atomic E-state index is -0.383. The zero-order chi connectivity index (χ0) is 18.0. The van der Waals surface area contributed by atoms with E-state index >= 15 is 0 Å². The van der Waals surface area contributed by atoms with Crippen molar-refractivity contribution in [1.82, 2.24) is 0 Å². The number of esters is 1. The second-order valence-corrected chi connectivity index (χ2v) is 7.28. The van der Waals surface area contributed by atoms with E-state index in [1.54, 1.807) is 6.92 Å². The second kappa shape index (κ2) is 7.27. The van der Waals surface area contributed by atoms with E-state index in [0.29, 0.717) is 17.2 Å². The van der Waals surface area contributed by atoms with E-state index in [2.05, 4.69) is 16.3 Å². The number of nitrogens with one attached hydrogen (secondary N) is 1. The van der Waals surface area contributed by atoms with Crippen LogP contribution in [0.4, 0.5) is 10.7 Å². The molecule has 1 aromatic heterocycles. The summed E-state index contributed by atoms with van der Waals surface area (Å²) in [6.45, 7) is 7.01. The highest BCUT2D eigenvalue weighted by Crippen LogP contribution is 2.33. The first kappa shape index (κ1) is 17.5. The summed E-state index contributed by atoms with van der Waals surface area (Å²) in [5, 5.41) is 3.48. The highest BCUT2D eigenvalue weighted by molar-refractivity contribution is 7.16. The van der Waals surface area contributed by atoms with Crippen molar-refractivity contribution in [3.05, 3.63) is 45.8 Å². The van der Waals surface area contributed by atoms with Gasteiger partial charge in [0.05, 0.1) is 18.7 Å². The fourth-order valence-corrected chi connectivity index (χ4v) is 4.14.